The molecule has 27 heavy (non-hydrogen) atoms. The number of amidine groups is 1. The van der Waals surface area contributed by atoms with Crippen LogP contribution in [-0.2, 0) is 9.63 Å². The van der Waals surface area contributed by atoms with E-state index >= 15 is 0 Å². The molecule has 6 nitrogen and oxygen atoms in total. The van der Waals surface area contributed by atoms with Crippen LogP contribution in [0.2, 0.25) is 10.0 Å². The number of carbonyl (C=O) groups excluding carboxylic acids is 1. The topological polar surface area (TPSA) is 86.3 Å². The van der Waals surface area contributed by atoms with Crippen molar-refractivity contribution in [2.24, 2.45) is 15.9 Å². The van der Waals surface area contributed by atoms with E-state index in [1.807, 2.05) is 19.9 Å². The number of carbonyl (C=O) groups is 1. The largest absolute Gasteiger partial charge is 0.480 e. The summed E-state index contributed by atoms with van der Waals surface area (Å²) >= 11 is 11.7. The highest BCUT2D eigenvalue weighted by molar-refractivity contribution is 6.35. The second kappa shape index (κ2) is 15.9. The van der Waals surface area contributed by atoms with Crippen LogP contribution >= 0.6 is 23.2 Å². The molecule has 0 radical (unpaired) electrons. The highest BCUT2D eigenvalue weighted by atomic mass is 35.5. The quantitative estimate of drug-likeness (QED) is 0.222. The average molecular weight is 416 g/mol. The van der Waals surface area contributed by atoms with E-state index < -0.39 is 5.97 Å². The maximum Gasteiger partial charge on any atom is 0.372 e. The molecule has 1 aromatic rings. The van der Waals surface area contributed by atoms with Crippen LogP contribution in [0.15, 0.2) is 52.7 Å². The highest BCUT2D eigenvalue weighted by Gasteiger charge is 2.09. The lowest BCUT2D eigenvalue weighted by atomic mass is 10.2. The van der Waals surface area contributed by atoms with Gasteiger partial charge in [-0.1, -0.05) is 54.9 Å². The van der Waals surface area contributed by atoms with Gasteiger partial charge in [0.05, 0.1) is 5.02 Å². The molecule has 0 fully saturated rings. The third-order valence-electron chi connectivity index (χ3n) is 2.47. The van der Waals surface area contributed by atoms with Crippen molar-refractivity contribution >= 4 is 41.2 Å². The van der Waals surface area contributed by atoms with Crippen LogP contribution in [-0.4, -0.2) is 31.7 Å². The molecule has 1 rings (SSSR count). The fourth-order valence-electron chi connectivity index (χ4n) is 1.49. The summed E-state index contributed by atoms with van der Waals surface area (Å²) in [5.41, 5.74) is 6.30. The number of hydrogen-bond acceptors (Lipinski definition) is 5. The van der Waals surface area contributed by atoms with Crippen molar-refractivity contribution in [1.29, 1.82) is 0 Å². The summed E-state index contributed by atoms with van der Waals surface area (Å²) in [4.78, 5) is 20.1. The number of nitrogens with two attached hydrogens (primary N) is 1. The van der Waals surface area contributed by atoms with Gasteiger partial charge in [0, 0.05) is 23.9 Å². The SMILES string of the molecule is C.C=CC.CC/C=C(C=NC)/C(N)=N/OC(=O)COc1ccc(Cl)cc1Cl. The van der Waals surface area contributed by atoms with Gasteiger partial charge in [-0.05, 0) is 31.5 Å². The Hall–Kier alpha value is -2.31. The normalized spacial score (nSPS) is 11.1. The summed E-state index contributed by atoms with van der Waals surface area (Å²) in [5, 5.41) is 4.32. The number of nitrogens with zero attached hydrogens (tertiary/aromatic N) is 2. The third-order valence-corrected chi connectivity index (χ3v) is 3.00. The minimum atomic E-state index is -0.719. The van der Waals surface area contributed by atoms with Crippen LogP contribution in [0.5, 0.6) is 5.75 Å². The van der Waals surface area contributed by atoms with Gasteiger partial charge in [0.2, 0.25) is 0 Å². The second-order valence-corrected chi connectivity index (χ2v) is 5.51. The minimum Gasteiger partial charge on any atom is -0.480 e. The number of aliphatic imine (C=N–C) groups is 1. The number of rotatable bonds is 7. The molecule has 0 aliphatic rings. The van der Waals surface area contributed by atoms with E-state index in [1.165, 1.54) is 12.3 Å². The van der Waals surface area contributed by atoms with Crippen molar-refractivity contribution in [2.45, 2.75) is 27.7 Å². The molecule has 0 amide bonds. The number of oxime groups is 1. The predicted molar refractivity (Wildman–Crippen MR) is 115 cm³/mol. The Morgan fingerprint density at radius 3 is 2.52 bits per heavy atom. The Kier molecular flexibility index (Phi) is 15.9. The molecular weight excluding hydrogens is 389 g/mol. The number of allylic oxidation sites excluding steroid dienone is 2. The van der Waals surface area contributed by atoms with Crippen molar-refractivity contribution in [1.82, 2.24) is 0 Å². The molecule has 1 aromatic carbocycles. The fraction of sp³-hybridized carbons (Fsp3) is 0.316. The van der Waals surface area contributed by atoms with Gasteiger partial charge in [0.15, 0.2) is 12.4 Å². The van der Waals surface area contributed by atoms with Gasteiger partial charge in [0.1, 0.15) is 5.75 Å². The van der Waals surface area contributed by atoms with Gasteiger partial charge in [-0.2, -0.15) is 0 Å². The predicted octanol–water partition coefficient (Wildman–Crippen LogP) is 5.05. The molecule has 0 bridgehead atoms. The molecule has 0 unspecified atom stereocenters. The van der Waals surface area contributed by atoms with E-state index in [0.29, 0.717) is 21.4 Å². The van der Waals surface area contributed by atoms with Gasteiger partial charge in [0.25, 0.3) is 0 Å². The molecule has 0 spiro atoms. The molecule has 0 atom stereocenters. The first kappa shape index (κ1) is 26.9. The minimum absolute atomic E-state index is 0. The lowest BCUT2D eigenvalue weighted by Gasteiger charge is -2.06. The van der Waals surface area contributed by atoms with Crippen LogP contribution in [0, 0.1) is 0 Å². The van der Waals surface area contributed by atoms with Crippen LogP contribution in [0.25, 0.3) is 0 Å². The maximum absolute atomic E-state index is 11.6. The molecule has 0 saturated heterocycles. The van der Waals surface area contributed by atoms with Crippen molar-refractivity contribution in [2.75, 3.05) is 13.7 Å². The lowest BCUT2D eigenvalue weighted by molar-refractivity contribution is -0.146. The van der Waals surface area contributed by atoms with E-state index in [0.717, 1.165) is 6.42 Å². The summed E-state index contributed by atoms with van der Waals surface area (Å²) in [6.07, 6.45) is 5.83. The first-order valence-electron chi connectivity index (χ1n) is 7.70. The zero-order valence-electron chi connectivity index (χ0n) is 15.0. The van der Waals surface area contributed by atoms with Gasteiger partial charge >= 0.3 is 5.97 Å². The number of halogens is 2. The van der Waals surface area contributed by atoms with Crippen molar-refractivity contribution in [3.63, 3.8) is 0 Å². The number of benzene rings is 1. The summed E-state index contributed by atoms with van der Waals surface area (Å²) in [6, 6.07) is 4.65. The monoisotopic (exact) mass is 415 g/mol. The van der Waals surface area contributed by atoms with E-state index in [4.69, 9.17) is 38.5 Å². The number of hydrogen-bond donors (Lipinski definition) is 1. The first-order chi connectivity index (χ1) is 12.4. The van der Waals surface area contributed by atoms with E-state index in [2.05, 4.69) is 16.7 Å². The van der Waals surface area contributed by atoms with Crippen LogP contribution in [0.3, 0.4) is 0 Å². The zero-order valence-corrected chi connectivity index (χ0v) is 16.5. The first-order valence-corrected chi connectivity index (χ1v) is 8.46. The molecule has 2 N–H and O–H groups in total. The van der Waals surface area contributed by atoms with Gasteiger partial charge in [-0.25, -0.2) is 4.79 Å². The lowest BCUT2D eigenvalue weighted by Crippen LogP contribution is -2.19. The molecule has 8 heteroatoms. The summed E-state index contributed by atoms with van der Waals surface area (Å²) < 4.78 is 5.23. The fourth-order valence-corrected chi connectivity index (χ4v) is 1.95. The average Bonchev–Trinajstić information content (AvgIpc) is 2.59. The standard InChI is InChI=1S/C15H17Cl2N3O3.C3H6.CH4/c1-3-4-10(8-19-2)15(18)20-23-14(21)9-22-13-6-5-11(16)7-12(13)17;1-3-2;/h4-8H,3,9H2,1-2H3,(H2,18,20);3H,1H2,2H3;1H4/b10-4+,19-8?;;. The van der Waals surface area contributed by atoms with Gasteiger partial charge in [-0.3, -0.25) is 4.99 Å². The summed E-state index contributed by atoms with van der Waals surface area (Å²) in [5.74, 6) is -0.353. The molecule has 0 aliphatic carbocycles. The molecule has 150 valence electrons. The Morgan fingerprint density at radius 2 is 2.00 bits per heavy atom. The summed E-state index contributed by atoms with van der Waals surface area (Å²) in [6.45, 7) is 6.82. The van der Waals surface area contributed by atoms with E-state index in [-0.39, 0.29) is 19.9 Å². The number of ether oxygens (including phenoxy) is 1. The Bertz CT molecular complexity index is 687. The maximum atomic E-state index is 11.6. The van der Waals surface area contributed by atoms with Crippen molar-refractivity contribution in [3.8, 4) is 5.75 Å². The Morgan fingerprint density at radius 1 is 1.37 bits per heavy atom. The Labute approximate surface area is 171 Å². The molecule has 0 saturated carbocycles. The van der Waals surface area contributed by atoms with Crippen molar-refractivity contribution in [3.05, 3.63) is 52.5 Å². The highest BCUT2D eigenvalue weighted by Crippen LogP contribution is 2.27. The molecule has 0 aromatic heterocycles. The summed E-state index contributed by atoms with van der Waals surface area (Å²) in [7, 11) is 1.60. The van der Waals surface area contributed by atoms with Crippen LogP contribution in [0.1, 0.15) is 27.7 Å². The third kappa shape index (κ3) is 11.8. The van der Waals surface area contributed by atoms with E-state index in [1.54, 1.807) is 25.3 Å². The van der Waals surface area contributed by atoms with Gasteiger partial charge in [-0.15, -0.1) is 6.58 Å². The molecule has 0 heterocycles. The second-order valence-electron chi connectivity index (χ2n) is 4.67. The van der Waals surface area contributed by atoms with E-state index in [9.17, 15) is 4.79 Å². The molecular formula is C19H27Cl2N3O3. The van der Waals surface area contributed by atoms with Crippen LogP contribution in [0.4, 0.5) is 0 Å². The van der Waals surface area contributed by atoms with Crippen molar-refractivity contribution < 1.29 is 14.4 Å². The zero-order chi connectivity index (χ0) is 19.9. The smallest absolute Gasteiger partial charge is 0.372 e. The van der Waals surface area contributed by atoms with Crippen LogP contribution < -0.4 is 10.5 Å². The van der Waals surface area contributed by atoms with Gasteiger partial charge < -0.3 is 15.3 Å². The molecule has 0 aliphatic heterocycles. The Balaban J connectivity index is 0.